The van der Waals surface area contributed by atoms with Crippen LogP contribution in [-0.4, -0.2) is 31.1 Å². The number of hydrogen-bond donors (Lipinski definition) is 1. The van der Waals surface area contributed by atoms with Gasteiger partial charge in [0, 0.05) is 17.5 Å². The van der Waals surface area contributed by atoms with Gasteiger partial charge in [-0.2, -0.15) is 0 Å². The Morgan fingerprint density at radius 2 is 2.24 bits per heavy atom. The van der Waals surface area contributed by atoms with Gasteiger partial charge in [0.1, 0.15) is 0 Å². The first-order valence-corrected chi connectivity index (χ1v) is 7.10. The van der Waals surface area contributed by atoms with Gasteiger partial charge in [-0.15, -0.1) is 23.7 Å². The molecule has 0 aliphatic carbocycles. The summed E-state index contributed by atoms with van der Waals surface area (Å²) in [4.78, 5) is 3.83. The van der Waals surface area contributed by atoms with E-state index < -0.39 is 0 Å². The Hall–Kier alpha value is 0.200. The largest absolute Gasteiger partial charge is 0.317 e. The minimum absolute atomic E-state index is 0. The second kappa shape index (κ2) is 7.59. The lowest BCUT2D eigenvalue weighted by Crippen LogP contribution is -2.31. The van der Waals surface area contributed by atoms with Crippen LogP contribution in [0.3, 0.4) is 0 Å². The average molecular weight is 295 g/mol. The third-order valence-corrected chi connectivity index (χ3v) is 4.42. The molecular formula is C12H20Cl2N2S. The summed E-state index contributed by atoms with van der Waals surface area (Å²) in [6, 6.07) is 4.85. The highest BCUT2D eigenvalue weighted by molar-refractivity contribution is 7.16. The van der Waals surface area contributed by atoms with Crippen LogP contribution >= 0.6 is 35.3 Å². The summed E-state index contributed by atoms with van der Waals surface area (Å²) in [5.74, 6) is 0. The standard InChI is InChI=1S/C12H19ClN2S.ClH/c1-15(9-11-4-5-12(13)16-11)10-3-2-7-14-8-6-10;/h4-5,10,14H,2-3,6-9H2,1H3;1H. The maximum atomic E-state index is 5.95. The molecule has 0 spiro atoms. The van der Waals surface area contributed by atoms with Crippen molar-refractivity contribution < 1.29 is 0 Å². The minimum atomic E-state index is 0. The van der Waals surface area contributed by atoms with Crippen LogP contribution in [0.4, 0.5) is 0 Å². The fourth-order valence-corrected chi connectivity index (χ4v) is 3.40. The van der Waals surface area contributed by atoms with E-state index in [1.165, 1.54) is 30.7 Å². The van der Waals surface area contributed by atoms with E-state index in [0.29, 0.717) is 0 Å². The fourth-order valence-electron chi connectivity index (χ4n) is 2.25. The number of halogens is 2. The molecule has 0 aromatic carbocycles. The number of rotatable bonds is 3. The van der Waals surface area contributed by atoms with Gasteiger partial charge in [0.25, 0.3) is 0 Å². The molecular weight excluding hydrogens is 275 g/mol. The first-order chi connectivity index (χ1) is 7.75. The van der Waals surface area contributed by atoms with Crippen molar-refractivity contribution in [3.8, 4) is 0 Å². The number of hydrogen-bond acceptors (Lipinski definition) is 3. The van der Waals surface area contributed by atoms with E-state index in [4.69, 9.17) is 11.6 Å². The molecule has 2 nitrogen and oxygen atoms in total. The Bertz CT molecular complexity index is 322. The molecule has 0 radical (unpaired) electrons. The van der Waals surface area contributed by atoms with Gasteiger partial charge in [-0.25, -0.2) is 0 Å². The summed E-state index contributed by atoms with van der Waals surface area (Å²) in [5.41, 5.74) is 0. The molecule has 0 bridgehead atoms. The van der Waals surface area contributed by atoms with E-state index in [0.717, 1.165) is 23.5 Å². The van der Waals surface area contributed by atoms with Crippen molar-refractivity contribution >= 4 is 35.3 Å². The van der Waals surface area contributed by atoms with Crippen LogP contribution in [0.1, 0.15) is 24.1 Å². The quantitative estimate of drug-likeness (QED) is 0.919. The van der Waals surface area contributed by atoms with E-state index >= 15 is 0 Å². The van der Waals surface area contributed by atoms with Crippen molar-refractivity contribution in [3.63, 3.8) is 0 Å². The topological polar surface area (TPSA) is 15.3 Å². The van der Waals surface area contributed by atoms with Gasteiger partial charge in [-0.3, -0.25) is 4.90 Å². The normalized spacial score (nSPS) is 21.0. The first-order valence-electron chi connectivity index (χ1n) is 5.91. The van der Waals surface area contributed by atoms with Crippen LogP contribution in [0.5, 0.6) is 0 Å². The molecule has 98 valence electrons. The minimum Gasteiger partial charge on any atom is -0.317 e. The fraction of sp³-hybridized carbons (Fsp3) is 0.667. The first kappa shape index (κ1) is 15.3. The third-order valence-electron chi connectivity index (χ3n) is 3.20. The highest BCUT2D eigenvalue weighted by Gasteiger charge is 2.17. The van der Waals surface area contributed by atoms with Gasteiger partial charge >= 0.3 is 0 Å². The van der Waals surface area contributed by atoms with Crippen molar-refractivity contribution in [2.24, 2.45) is 0 Å². The third kappa shape index (κ3) is 4.76. The smallest absolute Gasteiger partial charge is 0.0931 e. The highest BCUT2D eigenvalue weighted by atomic mass is 35.5. The van der Waals surface area contributed by atoms with Crippen LogP contribution in [0.15, 0.2) is 12.1 Å². The van der Waals surface area contributed by atoms with Crippen molar-refractivity contribution in [2.45, 2.75) is 31.8 Å². The maximum absolute atomic E-state index is 5.95. The van der Waals surface area contributed by atoms with Crippen LogP contribution < -0.4 is 5.32 Å². The summed E-state index contributed by atoms with van der Waals surface area (Å²) in [6.45, 7) is 3.36. The highest BCUT2D eigenvalue weighted by Crippen LogP contribution is 2.24. The molecule has 1 N–H and O–H groups in total. The molecule has 1 aliphatic rings. The Morgan fingerprint density at radius 3 is 2.94 bits per heavy atom. The van der Waals surface area contributed by atoms with Gasteiger partial charge < -0.3 is 5.32 Å². The van der Waals surface area contributed by atoms with Crippen LogP contribution in [0.2, 0.25) is 4.34 Å². The monoisotopic (exact) mass is 294 g/mol. The van der Waals surface area contributed by atoms with Gasteiger partial charge in [-0.1, -0.05) is 11.6 Å². The summed E-state index contributed by atoms with van der Waals surface area (Å²) in [5, 5.41) is 3.45. The molecule has 2 rings (SSSR count). The van der Waals surface area contributed by atoms with Crippen LogP contribution in [0, 0.1) is 0 Å². The number of thiophene rings is 1. The molecule has 1 aromatic rings. The molecule has 1 saturated heterocycles. The van der Waals surface area contributed by atoms with Gasteiger partial charge in [-0.05, 0) is 51.5 Å². The molecule has 1 fully saturated rings. The van der Waals surface area contributed by atoms with E-state index in [1.54, 1.807) is 11.3 Å². The molecule has 1 aromatic heterocycles. The zero-order valence-electron chi connectivity index (χ0n) is 10.1. The molecule has 0 saturated carbocycles. The van der Waals surface area contributed by atoms with Crippen molar-refractivity contribution in [1.29, 1.82) is 0 Å². The van der Waals surface area contributed by atoms with E-state index in [2.05, 4.69) is 23.3 Å². The Morgan fingerprint density at radius 1 is 1.41 bits per heavy atom. The lowest BCUT2D eigenvalue weighted by Gasteiger charge is -2.26. The Kier molecular flexibility index (Phi) is 6.82. The Balaban J connectivity index is 0.00000144. The van der Waals surface area contributed by atoms with Gasteiger partial charge in [0.05, 0.1) is 4.34 Å². The lowest BCUT2D eigenvalue weighted by molar-refractivity contribution is 0.218. The van der Waals surface area contributed by atoms with E-state index in [9.17, 15) is 0 Å². The predicted octanol–water partition coefficient (Wildman–Crippen LogP) is 3.40. The zero-order chi connectivity index (χ0) is 11.4. The van der Waals surface area contributed by atoms with Gasteiger partial charge in [0.2, 0.25) is 0 Å². The summed E-state index contributed by atoms with van der Waals surface area (Å²) in [6.07, 6.45) is 3.86. The van der Waals surface area contributed by atoms with E-state index in [-0.39, 0.29) is 12.4 Å². The second-order valence-corrected chi connectivity index (χ2v) is 6.26. The van der Waals surface area contributed by atoms with Crippen molar-refractivity contribution in [2.75, 3.05) is 20.1 Å². The summed E-state index contributed by atoms with van der Waals surface area (Å²) >= 11 is 7.64. The molecule has 5 heteroatoms. The summed E-state index contributed by atoms with van der Waals surface area (Å²) < 4.78 is 0.894. The predicted molar refractivity (Wildman–Crippen MR) is 78.6 cm³/mol. The zero-order valence-corrected chi connectivity index (χ0v) is 12.5. The van der Waals surface area contributed by atoms with Gasteiger partial charge in [0.15, 0.2) is 0 Å². The van der Waals surface area contributed by atoms with Crippen molar-refractivity contribution in [1.82, 2.24) is 10.2 Å². The van der Waals surface area contributed by atoms with Crippen LogP contribution in [0.25, 0.3) is 0 Å². The number of nitrogens with one attached hydrogen (secondary N) is 1. The summed E-state index contributed by atoms with van der Waals surface area (Å²) in [7, 11) is 2.23. The average Bonchev–Trinajstić information content (AvgIpc) is 2.56. The molecule has 17 heavy (non-hydrogen) atoms. The number of nitrogens with zero attached hydrogens (tertiary/aromatic N) is 1. The molecule has 1 aliphatic heterocycles. The molecule has 1 unspecified atom stereocenters. The van der Waals surface area contributed by atoms with Crippen LogP contribution in [-0.2, 0) is 6.54 Å². The molecule has 0 amide bonds. The van der Waals surface area contributed by atoms with E-state index in [1.807, 2.05) is 6.07 Å². The Labute approximate surface area is 119 Å². The lowest BCUT2D eigenvalue weighted by atomic mass is 10.1. The SMILES string of the molecule is CN(Cc1ccc(Cl)s1)C1CCCNCC1.Cl. The van der Waals surface area contributed by atoms with Crippen molar-refractivity contribution in [3.05, 3.63) is 21.3 Å². The molecule has 1 atom stereocenters. The maximum Gasteiger partial charge on any atom is 0.0931 e. The second-order valence-electron chi connectivity index (χ2n) is 4.46. The molecule has 2 heterocycles.